The summed E-state index contributed by atoms with van der Waals surface area (Å²) in [6.45, 7) is -0.816. The van der Waals surface area contributed by atoms with Gasteiger partial charge in [0.05, 0.1) is 15.1 Å². The van der Waals surface area contributed by atoms with Crippen molar-refractivity contribution in [3.05, 3.63) is 27.2 Å². The van der Waals surface area contributed by atoms with Crippen molar-refractivity contribution in [1.29, 1.82) is 0 Å². The zero-order valence-corrected chi connectivity index (χ0v) is 12.9. The number of hydrogen-bond donors (Lipinski definition) is 3. The topological polar surface area (TPSA) is 95.9 Å². The van der Waals surface area contributed by atoms with E-state index in [9.17, 15) is 9.59 Å². The number of carbonyl (C=O) groups excluding carboxylic acids is 1. The Morgan fingerprint density at radius 3 is 2.38 bits per heavy atom. The molecule has 1 amide bonds. The molecule has 0 saturated heterocycles. The molecule has 1 aromatic carbocycles. The van der Waals surface area contributed by atoms with Gasteiger partial charge >= 0.3 is 5.97 Å². The van der Waals surface area contributed by atoms with E-state index in [1.807, 2.05) is 0 Å². The van der Waals surface area contributed by atoms with Crippen LogP contribution in [0.1, 0.15) is 6.42 Å². The third kappa shape index (κ3) is 5.59. The van der Waals surface area contributed by atoms with E-state index in [1.54, 1.807) is 0 Å². The fourth-order valence-electron chi connectivity index (χ4n) is 1.38. The standard InChI is InChI=1S/C12H12Cl3NO5/c13-6-3-8(15)10(4-7(6)14)21-5-11(18)16-9(1-2-17)12(19)20/h3-4,9,17H,1-2,5H2,(H,16,18)(H,19,20)/t9-/m1/s1. The number of aliphatic hydroxyl groups excluding tert-OH is 1. The van der Waals surface area contributed by atoms with Gasteiger partial charge in [0.15, 0.2) is 6.61 Å². The Labute approximate surface area is 135 Å². The van der Waals surface area contributed by atoms with Crippen LogP contribution >= 0.6 is 34.8 Å². The quantitative estimate of drug-likeness (QED) is 0.649. The number of rotatable bonds is 7. The molecule has 0 unspecified atom stereocenters. The van der Waals surface area contributed by atoms with Gasteiger partial charge in [-0.1, -0.05) is 34.8 Å². The molecule has 1 atom stereocenters. The summed E-state index contributed by atoms with van der Waals surface area (Å²) in [5.74, 6) is -1.77. The first-order chi connectivity index (χ1) is 9.85. The maximum absolute atomic E-state index is 11.6. The molecule has 0 heterocycles. The molecule has 6 nitrogen and oxygen atoms in total. The number of nitrogens with one attached hydrogen (secondary N) is 1. The molecule has 0 saturated carbocycles. The summed E-state index contributed by atoms with van der Waals surface area (Å²) < 4.78 is 5.15. The maximum atomic E-state index is 11.6. The first-order valence-corrected chi connectivity index (χ1v) is 6.89. The lowest BCUT2D eigenvalue weighted by molar-refractivity contribution is -0.142. The number of benzene rings is 1. The van der Waals surface area contributed by atoms with Crippen LogP contribution < -0.4 is 10.1 Å². The molecular weight excluding hydrogens is 344 g/mol. The Balaban J connectivity index is 2.60. The van der Waals surface area contributed by atoms with Gasteiger partial charge in [-0.2, -0.15) is 0 Å². The van der Waals surface area contributed by atoms with E-state index >= 15 is 0 Å². The van der Waals surface area contributed by atoms with Crippen LogP contribution in [0.15, 0.2) is 12.1 Å². The van der Waals surface area contributed by atoms with Crippen molar-refractivity contribution in [1.82, 2.24) is 5.32 Å². The van der Waals surface area contributed by atoms with E-state index in [2.05, 4.69) is 5.32 Å². The lowest BCUT2D eigenvalue weighted by atomic mass is 10.2. The van der Waals surface area contributed by atoms with Gasteiger partial charge in [0.2, 0.25) is 0 Å². The smallest absolute Gasteiger partial charge is 0.326 e. The Bertz CT molecular complexity index is 538. The molecule has 9 heteroatoms. The molecule has 0 aliphatic rings. The molecule has 21 heavy (non-hydrogen) atoms. The number of carboxylic acids is 1. The van der Waals surface area contributed by atoms with E-state index in [0.717, 1.165) is 0 Å². The van der Waals surface area contributed by atoms with Gasteiger partial charge in [-0.05, 0) is 6.07 Å². The number of ether oxygens (including phenoxy) is 1. The second-order valence-corrected chi connectivity index (χ2v) is 5.18. The number of aliphatic hydroxyl groups is 1. The number of amides is 1. The van der Waals surface area contributed by atoms with Crippen LogP contribution in [-0.4, -0.2) is 41.3 Å². The minimum absolute atomic E-state index is 0.103. The van der Waals surface area contributed by atoms with Crippen LogP contribution in [0.4, 0.5) is 0 Å². The number of halogens is 3. The van der Waals surface area contributed by atoms with Crippen LogP contribution in [-0.2, 0) is 9.59 Å². The molecule has 0 spiro atoms. The Hall–Kier alpha value is -1.21. The summed E-state index contributed by atoms with van der Waals surface area (Å²) in [6.07, 6.45) is -0.103. The van der Waals surface area contributed by atoms with E-state index in [-0.39, 0.29) is 33.8 Å². The second kappa shape index (κ2) is 8.29. The molecule has 0 fully saturated rings. The maximum Gasteiger partial charge on any atom is 0.326 e. The average molecular weight is 357 g/mol. The lowest BCUT2D eigenvalue weighted by Crippen LogP contribution is -2.43. The Morgan fingerprint density at radius 1 is 1.19 bits per heavy atom. The monoisotopic (exact) mass is 355 g/mol. The molecular formula is C12H12Cl3NO5. The fourth-order valence-corrected chi connectivity index (χ4v) is 1.97. The molecule has 1 rings (SSSR count). The van der Waals surface area contributed by atoms with Crippen molar-refractivity contribution in [3.8, 4) is 5.75 Å². The van der Waals surface area contributed by atoms with E-state index in [1.165, 1.54) is 12.1 Å². The minimum atomic E-state index is -1.25. The van der Waals surface area contributed by atoms with Gasteiger partial charge in [-0.15, -0.1) is 0 Å². The van der Waals surface area contributed by atoms with E-state index in [0.29, 0.717) is 0 Å². The minimum Gasteiger partial charge on any atom is -0.482 e. The van der Waals surface area contributed by atoms with Gasteiger partial charge in [0.1, 0.15) is 11.8 Å². The number of carboxylic acid groups (broad SMARTS) is 1. The predicted octanol–water partition coefficient (Wildman–Crippen LogP) is 1.98. The number of carbonyl (C=O) groups is 2. The first kappa shape index (κ1) is 17.8. The van der Waals surface area contributed by atoms with Gasteiger partial charge in [-0.3, -0.25) is 4.79 Å². The van der Waals surface area contributed by atoms with E-state index < -0.39 is 24.5 Å². The highest BCUT2D eigenvalue weighted by atomic mass is 35.5. The van der Waals surface area contributed by atoms with Crippen molar-refractivity contribution in [2.24, 2.45) is 0 Å². The summed E-state index contributed by atoms with van der Waals surface area (Å²) in [5.41, 5.74) is 0. The van der Waals surface area contributed by atoms with Gasteiger partial charge in [0, 0.05) is 19.1 Å². The van der Waals surface area contributed by atoms with Crippen LogP contribution in [0.25, 0.3) is 0 Å². The highest BCUT2D eigenvalue weighted by molar-refractivity contribution is 6.43. The van der Waals surface area contributed by atoms with Crippen LogP contribution in [0.2, 0.25) is 15.1 Å². The first-order valence-electron chi connectivity index (χ1n) is 5.75. The van der Waals surface area contributed by atoms with Gasteiger partial charge in [0.25, 0.3) is 5.91 Å². The molecule has 0 radical (unpaired) electrons. The van der Waals surface area contributed by atoms with Crippen molar-refractivity contribution in [2.45, 2.75) is 12.5 Å². The summed E-state index contributed by atoms with van der Waals surface area (Å²) in [7, 11) is 0. The largest absolute Gasteiger partial charge is 0.482 e. The molecule has 0 aliphatic carbocycles. The highest BCUT2D eigenvalue weighted by Gasteiger charge is 2.19. The molecule has 0 aromatic heterocycles. The molecule has 3 N–H and O–H groups in total. The summed E-state index contributed by atoms with van der Waals surface area (Å²) >= 11 is 17.4. The fraction of sp³-hybridized carbons (Fsp3) is 0.333. The van der Waals surface area contributed by atoms with Crippen LogP contribution in [0.3, 0.4) is 0 Å². The number of aliphatic carboxylic acids is 1. The van der Waals surface area contributed by atoms with Crippen molar-refractivity contribution in [3.63, 3.8) is 0 Å². The highest BCUT2D eigenvalue weighted by Crippen LogP contribution is 2.33. The zero-order chi connectivity index (χ0) is 16.0. The van der Waals surface area contributed by atoms with Crippen LogP contribution in [0.5, 0.6) is 5.75 Å². The Kier molecular flexibility index (Phi) is 7.04. The second-order valence-electron chi connectivity index (χ2n) is 3.96. The predicted molar refractivity (Wildman–Crippen MR) is 78.2 cm³/mol. The SMILES string of the molecule is O=C(COc1cc(Cl)c(Cl)cc1Cl)N[C@H](CCO)C(=O)O. The van der Waals surface area contributed by atoms with E-state index in [4.69, 9.17) is 49.8 Å². The summed E-state index contributed by atoms with van der Waals surface area (Å²) in [5, 5.41) is 20.4. The average Bonchev–Trinajstić information content (AvgIpc) is 2.40. The van der Waals surface area contributed by atoms with Crippen LogP contribution in [0, 0.1) is 0 Å². The molecule has 0 bridgehead atoms. The summed E-state index contributed by atoms with van der Waals surface area (Å²) in [6, 6.07) is 1.53. The van der Waals surface area contributed by atoms with Crippen molar-refractivity contribution in [2.75, 3.05) is 13.2 Å². The molecule has 116 valence electrons. The Morgan fingerprint density at radius 2 is 1.81 bits per heavy atom. The molecule has 0 aliphatic heterocycles. The number of hydrogen-bond acceptors (Lipinski definition) is 4. The summed E-state index contributed by atoms with van der Waals surface area (Å²) in [4.78, 5) is 22.4. The third-order valence-corrected chi connectivity index (χ3v) is 3.40. The zero-order valence-electron chi connectivity index (χ0n) is 10.6. The van der Waals surface area contributed by atoms with Gasteiger partial charge < -0.3 is 20.3 Å². The van der Waals surface area contributed by atoms with Gasteiger partial charge in [-0.25, -0.2) is 4.79 Å². The third-order valence-electron chi connectivity index (χ3n) is 2.38. The molecule has 1 aromatic rings. The van der Waals surface area contributed by atoms with Crippen molar-refractivity contribution >= 4 is 46.7 Å². The normalized spacial score (nSPS) is 11.8. The lowest BCUT2D eigenvalue weighted by Gasteiger charge is -2.14. The van der Waals surface area contributed by atoms with Crippen molar-refractivity contribution < 1.29 is 24.5 Å².